The summed E-state index contributed by atoms with van der Waals surface area (Å²) in [6.45, 7) is 0. The maximum absolute atomic E-state index is 4.83. The summed E-state index contributed by atoms with van der Waals surface area (Å²) in [7, 11) is 0. The van der Waals surface area contributed by atoms with E-state index < -0.39 is 0 Å². The minimum absolute atomic E-state index is 0.666. The molecule has 9 heavy (non-hydrogen) atoms. The highest BCUT2D eigenvalue weighted by atomic mass is 16.7. The average Bonchev–Trinajstić information content (AvgIpc) is 2.71. The molecular formula is C6H12N2O. The van der Waals surface area contributed by atoms with Gasteiger partial charge >= 0.3 is 0 Å². The molecule has 1 aromatic rings. The van der Waals surface area contributed by atoms with Gasteiger partial charge in [0.1, 0.15) is 0 Å². The van der Waals surface area contributed by atoms with Gasteiger partial charge in [-0.25, -0.2) is 0 Å². The van der Waals surface area contributed by atoms with Crippen LogP contribution in [0.25, 0.3) is 0 Å². The molecule has 0 atom stereocenters. The third-order valence-electron chi connectivity index (χ3n) is 2.10. The van der Waals surface area contributed by atoms with E-state index in [0.717, 1.165) is 0 Å². The number of nitrogens with one attached hydrogen (secondary N) is 1. The highest BCUT2D eigenvalue weighted by molar-refractivity contribution is 4.65. The number of aromatic nitrogens is 2. The second-order valence-corrected chi connectivity index (χ2v) is 2.80. The molecule has 0 aromatic carbocycles. The molecule has 3 heteroatoms. The van der Waals surface area contributed by atoms with Gasteiger partial charge in [-0.3, -0.25) is 4.63 Å². The van der Waals surface area contributed by atoms with E-state index >= 15 is 0 Å². The van der Waals surface area contributed by atoms with Crippen LogP contribution in [-0.4, -0.2) is 10.1 Å². The molecule has 1 aliphatic carbocycles. The van der Waals surface area contributed by atoms with Crippen molar-refractivity contribution in [2.75, 3.05) is 0 Å². The molecule has 2 rings (SSSR count). The van der Waals surface area contributed by atoms with Crippen LogP contribution in [0.5, 0.6) is 0 Å². The summed E-state index contributed by atoms with van der Waals surface area (Å²) in [6.07, 6.45) is 6.74. The highest BCUT2D eigenvalue weighted by Gasteiger charge is 2.18. The Morgan fingerprint density at radius 2 is 1.89 bits per heavy atom. The van der Waals surface area contributed by atoms with Gasteiger partial charge in [-0.05, 0) is 12.8 Å². The Labute approximate surface area is 53.9 Å². The quantitative estimate of drug-likeness (QED) is 0.615. The van der Waals surface area contributed by atoms with Crippen LogP contribution in [0.15, 0.2) is 4.63 Å². The first-order valence-electron chi connectivity index (χ1n) is 3.69. The zero-order valence-electron chi connectivity index (χ0n) is 5.47. The first-order valence-corrected chi connectivity index (χ1v) is 3.69. The van der Waals surface area contributed by atoms with Crippen molar-refractivity contribution < 1.29 is 4.63 Å². The molecule has 1 fully saturated rings. The molecule has 1 saturated carbocycles. The van der Waals surface area contributed by atoms with Crippen molar-refractivity contribution in [3.63, 3.8) is 0 Å². The average molecular weight is 128 g/mol. The fourth-order valence-corrected chi connectivity index (χ4v) is 1.49. The molecule has 0 aliphatic heterocycles. The molecule has 0 saturated heterocycles. The van der Waals surface area contributed by atoms with E-state index in [0.29, 0.717) is 6.04 Å². The Morgan fingerprint density at radius 1 is 1.22 bits per heavy atom. The van der Waals surface area contributed by atoms with E-state index in [9.17, 15) is 0 Å². The van der Waals surface area contributed by atoms with Crippen molar-refractivity contribution in [3.05, 3.63) is 0 Å². The first kappa shape index (κ1) is 5.21. The number of aromatic amines is 1. The predicted molar refractivity (Wildman–Crippen MR) is 33.2 cm³/mol. The molecule has 1 heterocycles. The number of hydrogen-bond acceptors (Lipinski definition) is 1. The standard InChI is InChI=1S/C6H12N2O/c1-2-4-6(5-3-1)8-7-9-8/h6-7H,1-5H2. The maximum Gasteiger partial charge on any atom is 0.0898 e. The van der Waals surface area contributed by atoms with Crippen molar-refractivity contribution in [1.82, 2.24) is 10.1 Å². The summed E-state index contributed by atoms with van der Waals surface area (Å²) < 4.78 is 4.83. The van der Waals surface area contributed by atoms with Crippen LogP contribution in [-0.2, 0) is 0 Å². The number of hydrogen-bond donors (Lipinski definition) is 1. The lowest BCUT2D eigenvalue weighted by Gasteiger charge is -2.15. The van der Waals surface area contributed by atoms with Gasteiger partial charge in [-0.1, -0.05) is 24.1 Å². The van der Waals surface area contributed by atoms with E-state index in [4.69, 9.17) is 4.63 Å². The predicted octanol–water partition coefficient (Wildman–Crippen LogP) is 1.91. The molecule has 0 spiro atoms. The van der Waals surface area contributed by atoms with Gasteiger partial charge in [0, 0.05) is 0 Å². The van der Waals surface area contributed by atoms with Crippen LogP contribution in [0.4, 0.5) is 0 Å². The molecule has 1 N–H and O–H groups in total. The van der Waals surface area contributed by atoms with Gasteiger partial charge in [0.2, 0.25) is 0 Å². The summed E-state index contributed by atoms with van der Waals surface area (Å²) >= 11 is 0. The summed E-state index contributed by atoms with van der Waals surface area (Å²) in [5.74, 6) is 0. The van der Waals surface area contributed by atoms with Gasteiger partial charge in [0.05, 0.1) is 6.04 Å². The topological polar surface area (TPSA) is 33.9 Å². The Hall–Kier alpha value is -0.600. The molecule has 52 valence electrons. The molecule has 0 unspecified atom stereocenters. The van der Waals surface area contributed by atoms with Crippen molar-refractivity contribution >= 4 is 0 Å². The molecule has 0 radical (unpaired) electrons. The molecule has 1 aromatic heterocycles. The molecule has 1 aliphatic rings. The Kier molecular flexibility index (Phi) is 1.14. The van der Waals surface area contributed by atoms with Gasteiger partial charge < -0.3 is 0 Å². The summed E-state index contributed by atoms with van der Waals surface area (Å²) in [6, 6.07) is 0.666. The lowest BCUT2D eigenvalue weighted by atomic mass is 9.96. The highest BCUT2D eigenvalue weighted by Crippen LogP contribution is 2.27. The maximum atomic E-state index is 4.83. The lowest BCUT2D eigenvalue weighted by molar-refractivity contribution is 0.285. The van der Waals surface area contributed by atoms with Crippen LogP contribution >= 0.6 is 0 Å². The molecule has 0 amide bonds. The van der Waals surface area contributed by atoms with E-state index in [1.165, 1.54) is 32.1 Å². The Balaban J connectivity index is 1.90. The fraction of sp³-hybridized carbons (Fsp3) is 1.00. The molecule has 3 nitrogen and oxygen atoms in total. The zero-order valence-corrected chi connectivity index (χ0v) is 5.47. The SMILES string of the molecule is C1CCC(n2[nH]o2)CC1. The largest absolute Gasteiger partial charge is 0.257 e. The van der Waals surface area contributed by atoms with Crippen LogP contribution in [0, 0.1) is 0 Å². The smallest absolute Gasteiger partial charge is 0.0898 e. The van der Waals surface area contributed by atoms with Gasteiger partial charge in [0.15, 0.2) is 0 Å². The summed E-state index contributed by atoms with van der Waals surface area (Å²) in [5.41, 5.74) is 0. The number of H-pyrrole nitrogens is 1. The Morgan fingerprint density at radius 3 is 2.44 bits per heavy atom. The Bertz CT molecular complexity index is 149. The van der Waals surface area contributed by atoms with E-state index in [2.05, 4.69) is 5.27 Å². The minimum atomic E-state index is 0.666. The number of rotatable bonds is 1. The van der Waals surface area contributed by atoms with E-state index in [-0.39, 0.29) is 0 Å². The first-order chi connectivity index (χ1) is 4.47. The van der Waals surface area contributed by atoms with Crippen molar-refractivity contribution in [3.8, 4) is 0 Å². The lowest BCUT2D eigenvalue weighted by Crippen LogP contribution is -2.06. The van der Waals surface area contributed by atoms with Crippen LogP contribution in [0.3, 0.4) is 0 Å². The van der Waals surface area contributed by atoms with Gasteiger partial charge in [0.25, 0.3) is 0 Å². The third kappa shape index (κ3) is 1.04. The fourth-order valence-electron chi connectivity index (χ4n) is 1.49. The van der Waals surface area contributed by atoms with E-state index in [1.54, 1.807) is 0 Å². The van der Waals surface area contributed by atoms with Crippen LogP contribution < -0.4 is 0 Å². The second kappa shape index (κ2) is 1.97. The van der Waals surface area contributed by atoms with Crippen molar-refractivity contribution in [1.29, 1.82) is 0 Å². The number of nitrogens with zero attached hydrogens (tertiary/aromatic N) is 1. The van der Waals surface area contributed by atoms with E-state index in [1.807, 2.05) is 4.85 Å². The second-order valence-electron chi connectivity index (χ2n) is 2.80. The zero-order chi connectivity index (χ0) is 6.10. The van der Waals surface area contributed by atoms with Crippen LogP contribution in [0.1, 0.15) is 38.1 Å². The molecule has 0 bridgehead atoms. The third-order valence-corrected chi connectivity index (χ3v) is 2.10. The van der Waals surface area contributed by atoms with Crippen molar-refractivity contribution in [2.45, 2.75) is 38.1 Å². The van der Waals surface area contributed by atoms with Gasteiger partial charge in [-0.2, -0.15) is 0 Å². The minimum Gasteiger partial charge on any atom is -0.257 e. The van der Waals surface area contributed by atoms with Gasteiger partial charge in [-0.15, -0.1) is 5.27 Å². The summed E-state index contributed by atoms with van der Waals surface area (Å²) in [5, 5.41) is 2.74. The van der Waals surface area contributed by atoms with Crippen molar-refractivity contribution in [2.24, 2.45) is 0 Å². The molecular weight excluding hydrogens is 116 g/mol. The normalized spacial score (nSPS) is 23.1. The summed E-state index contributed by atoms with van der Waals surface area (Å²) in [4.78, 5) is 1.86. The van der Waals surface area contributed by atoms with Crippen LogP contribution in [0.2, 0.25) is 0 Å². The monoisotopic (exact) mass is 128 g/mol.